The highest BCUT2D eigenvalue weighted by atomic mass is 16.5. The molecule has 0 saturated heterocycles. The lowest BCUT2D eigenvalue weighted by Gasteiger charge is -2.22. The van der Waals surface area contributed by atoms with E-state index in [-0.39, 0.29) is 24.5 Å². The highest BCUT2D eigenvalue weighted by Crippen LogP contribution is 2.32. The second-order valence-corrected chi connectivity index (χ2v) is 7.29. The number of benzene rings is 1. The van der Waals surface area contributed by atoms with Crippen molar-refractivity contribution in [3.63, 3.8) is 0 Å². The molecule has 0 fully saturated rings. The fourth-order valence-corrected chi connectivity index (χ4v) is 2.78. The smallest absolute Gasteiger partial charge is 0.340 e. The molecular weight excluding hydrogens is 360 g/mol. The molecule has 0 spiro atoms. The Hall–Kier alpha value is -2.93. The van der Waals surface area contributed by atoms with Crippen LogP contribution in [0, 0.1) is 13.8 Å². The molecule has 7 nitrogen and oxygen atoms in total. The van der Waals surface area contributed by atoms with Crippen molar-refractivity contribution >= 4 is 17.7 Å². The SMILES string of the molecule is CCOC(=O)c1c(C)[nH]c(C(=O)C(=O)NC(C)(C)CO)c1-c1ccc(C)cc1. The lowest BCUT2D eigenvalue weighted by molar-refractivity contribution is -0.119. The number of aryl methyl sites for hydroxylation is 2. The van der Waals surface area contributed by atoms with Crippen LogP contribution in [0.2, 0.25) is 0 Å². The minimum absolute atomic E-state index is 0.00986. The number of ketones is 1. The summed E-state index contributed by atoms with van der Waals surface area (Å²) in [5, 5.41) is 11.8. The van der Waals surface area contributed by atoms with Crippen LogP contribution in [-0.2, 0) is 9.53 Å². The first kappa shape index (κ1) is 21.4. The molecule has 1 aromatic carbocycles. The van der Waals surface area contributed by atoms with Crippen LogP contribution >= 0.6 is 0 Å². The molecule has 1 heterocycles. The summed E-state index contributed by atoms with van der Waals surface area (Å²) in [7, 11) is 0. The van der Waals surface area contributed by atoms with Gasteiger partial charge in [0.25, 0.3) is 11.7 Å². The largest absolute Gasteiger partial charge is 0.462 e. The van der Waals surface area contributed by atoms with Crippen molar-refractivity contribution < 1.29 is 24.2 Å². The average Bonchev–Trinajstić information content (AvgIpc) is 2.98. The standard InChI is InChI=1S/C21H26N2O5/c1-6-28-20(27)15-13(3)22-17(16(15)14-9-7-12(2)8-10-14)18(25)19(26)23-21(4,5)11-24/h7-10,22,24H,6,11H2,1-5H3,(H,23,26). The molecule has 0 aliphatic carbocycles. The van der Waals surface area contributed by atoms with E-state index in [4.69, 9.17) is 4.74 Å². The number of esters is 1. The molecule has 28 heavy (non-hydrogen) atoms. The number of H-pyrrole nitrogens is 1. The zero-order chi connectivity index (χ0) is 21.1. The van der Waals surface area contributed by atoms with Crippen LogP contribution in [0.4, 0.5) is 0 Å². The second-order valence-electron chi connectivity index (χ2n) is 7.29. The van der Waals surface area contributed by atoms with Crippen LogP contribution in [0.25, 0.3) is 11.1 Å². The highest BCUT2D eigenvalue weighted by Gasteiger charge is 2.31. The molecule has 0 unspecified atom stereocenters. The van der Waals surface area contributed by atoms with Gasteiger partial charge in [-0.2, -0.15) is 0 Å². The number of aromatic amines is 1. The number of hydrogen-bond donors (Lipinski definition) is 3. The number of aliphatic hydroxyl groups excluding tert-OH is 1. The maximum absolute atomic E-state index is 12.9. The third-order valence-corrected chi connectivity index (χ3v) is 4.29. The van der Waals surface area contributed by atoms with Crippen molar-refractivity contribution in [2.45, 2.75) is 40.2 Å². The van der Waals surface area contributed by atoms with Gasteiger partial charge in [-0.25, -0.2) is 4.79 Å². The topological polar surface area (TPSA) is 108 Å². The van der Waals surface area contributed by atoms with Gasteiger partial charge in [-0.1, -0.05) is 29.8 Å². The molecule has 7 heteroatoms. The zero-order valence-corrected chi connectivity index (χ0v) is 16.8. The van der Waals surface area contributed by atoms with Gasteiger partial charge < -0.3 is 20.1 Å². The zero-order valence-electron chi connectivity index (χ0n) is 16.8. The first-order chi connectivity index (χ1) is 13.1. The van der Waals surface area contributed by atoms with Crippen molar-refractivity contribution in [3.8, 4) is 11.1 Å². The summed E-state index contributed by atoms with van der Waals surface area (Å²) in [6, 6.07) is 7.28. The molecule has 2 rings (SSSR count). The number of nitrogens with one attached hydrogen (secondary N) is 2. The number of aromatic nitrogens is 1. The molecule has 0 saturated carbocycles. The van der Waals surface area contributed by atoms with E-state index in [0.29, 0.717) is 16.8 Å². The third-order valence-electron chi connectivity index (χ3n) is 4.29. The van der Waals surface area contributed by atoms with E-state index in [1.54, 1.807) is 39.8 Å². The molecule has 3 N–H and O–H groups in total. The van der Waals surface area contributed by atoms with Gasteiger partial charge in [-0.3, -0.25) is 9.59 Å². The van der Waals surface area contributed by atoms with E-state index in [2.05, 4.69) is 10.3 Å². The summed E-state index contributed by atoms with van der Waals surface area (Å²) in [5.74, 6) is -2.26. The Kier molecular flexibility index (Phi) is 6.41. The summed E-state index contributed by atoms with van der Waals surface area (Å²) in [6.45, 7) is 8.33. The molecule has 1 amide bonds. The maximum Gasteiger partial charge on any atom is 0.340 e. The van der Waals surface area contributed by atoms with E-state index >= 15 is 0 Å². The van der Waals surface area contributed by atoms with Gasteiger partial charge in [0, 0.05) is 11.3 Å². The quantitative estimate of drug-likeness (QED) is 0.385. The predicted molar refractivity (Wildman–Crippen MR) is 105 cm³/mol. The number of hydrogen-bond acceptors (Lipinski definition) is 5. The van der Waals surface area contributed by atoms with Crippen molar-refractivity contribution in [2.24, 2.45) is 0 Å². The van der Waals surface area contributed by atoms with E-state index in [1.165, 1.54) is 0 Å². The molecule has 0 atom stereocenters. The van der Waals surface area contributed by atoms with Crippen LogP contribution < -0.4 is 5.32 Å². The lowest BCUT2D eigenvalue weighted by atomic mass is 9.97. The Morgan fingerprint density at radius 3 is 2.29 bits per heavy atom. The number of amides is 1. The monoisotopic (exact) mass is 386 g/mol. The molecule has 0 radical (unpaired) electrons. The van der Waals surface area contributed by atoms with Crippen LogP contribution in [0.3, 0.4) is 0 Å². The predicted octanol–water partition coefficient (Wildman–Crippen LogP) is 2.55. The molecule has 0 aliphatic rings. The minimum Gasteiger partial charge on any atom is -0.462 e. The van der Waals surface area contributed by atoms with Crippen LogP contribution in [-0.4, -0.2) is 46.5 Å². The van der Waals surface area contributed by atoms with Gasteiger partial charge in [0.05, 0.1) is 24.3 Å². The first-order valence-corrected chi connectivity index (χ1v) is 9.05. The van der Waals surface area contributed by atoms with Gasteiger partial charge in [-0.15, -0.1) is 0 Å². The van der Waals surface area contributed by atoms with Gasteiger partial charge in [0.15, 0.2) is 0 Å². The van der Waals surface area contributed by atoms with Gasteiger partial charge in [-0.05, 0) is 40.2 Å². The number of ether oxygens (including phenoxy) is 1. The molecule has 0 aliphatic heterocycles. The summed E-state index contributed by atoms with van der Waals surface area (Å²) >= 11 is 0. The highest BCUT2D eigenvalue weighted by molar-refractivity contribution is 6.44. The number of Topliss-reactive ketones (excluding diaryl/α,β-unsaturated/α-hetero) is 1. The van der Waals surface area contributed by atoms with E-state index < -0.39 is 23.2 Å². The average molecular weight is 386 g/mol. The molecule has 150 valence electrons. The van der Waals surface area contributed by atoms with Crippen LogP contribution in [0.15, 0.2) is 24.3 Å². The van der Waals surface area contributed by atoms with Crippen molar-refractivity contribution in [1.82, 2.24) is 10.3 Å². The van der Waals surface area contributed by atoms with Gasteiger partial charge in [0.2, 0.25) is 0 Å². The Labute approximate surface area is 164 Å². The Balaban J connectivity index is 2.59. The molecule has 2 aromatic rings. The summed E-state index contributed by atoms with van der Waals surface area (Å²) in [4.78, 5) is 40.7. The maximum atomic E-state index is 12.9. The number of aliphatic hydroxyl groups is 1. The van der Waals surface area contributed by atoms with Gasteiger partial charge in [0.1, 0.15) is 5.69 Å². The fraction of sp³-hybridized carbons (Fsp3) is 0.381. The van der Waals surface area contributed by atoms with Crippen molar-refractivity contribution in [2.75, 3.05) is 13.2 Å². The Bertz CT molecular complexity index is 894. The summed E-state index contributed by atoms with van der Waals surface area (Å²) in [6.07, 6.45) is 0. The first-order valence-electron chi connectivity index (χ1n) is 9.05. The summed E-state index contributed by atoms with van der Waals surface area (Å²) in [5.41, 5.74) is 1.69. The Morgan fingerprint density at radius 2 is 1.75 bits per heavy atom. The minimum atomic E-state index is -0.956. The van der Waals surface area contributed by atoms with Crippen molar-refractivity contribution in [3.05, 3.63) is 46.8 Å². The molecular formula is C21H26N2O5. The summed E-state index contributed by atoms with van der Waals surface area (Å²) < 4.78 is 5.14. The van der Waals surface area contributed by atoms with Crippen LogP contribution in [0.5, 0.6) is 0 Å². The number of carbonyl (C=O) groups is 3. The van der Waals surface area contributed by atoms with E-state index in [9.17, 15) is 19.5 Å². The molecule has 1 aromatic heterocycles. The Morgan fingerprint density at radius 1 is 1.14 bits per heavy atom. The number of rotatable bonds is 7. The third kappa shape index (κ3) is 4.48. The van der Waals surface area contributed by atoms with E-state index in [0.717, 1.165) is 5.56 Å². The molecule has 0 bridgehead atoms. The van der Waals surface area contributed by atoms with E-state index in [1.807, 2.05) is 19.1 Å². The van der Waals surface area contributed by atoms with Crippen LogP contribution in [0.1, 0.15) is 52.9 Å². The van der Waals surface area contributed by atoms with Crippen molar-refractivity contribution in [1.29, 1.82) is 0 Å². The lowest BCUT2D eigenvalue weighted by Crippen LogP contribution is -2.49. The number of carbonyl (C=O) groups excluding carboxylic acids is 3. The van der Waals surface area contributed by atoms with Gasteiger partial charge >= 0.3 is 5.97 Å². The normalized spacial score (nSPS) is 11.2. The second kappa shape index (κ2) is 8.39. The fourth-order valence-electron chi connectivity index (χ4n) is 2.78.